The average Bonchev–Trinajstić information content (AvgIpc) is 2.24. The van der Waals surface area contributed by atoms with Crippen molar-refractivity contribution in [1.29, 1.82) is 0 Å². The predicted molar refractivity (Wildman–Crippen MR) is 61.7 cm³/mol. The lowest BCUT2D eigenvalue weighted by atomic mass is 10.2. The van der Waals surface area contributed by atoms with E-state index in [4.69, 9.17) is 5.73 Å². The fourth-order valence-corrected chi connectivity index (χ4v) is 1.97. The minimum atomic E-state index is 0.183. The van der Waals surface area contributed by atoms with Crippen LogP contribution in [0.5, 0.6) is 0 Å². The Bertz CT molecular complexity index is 194. The fraction of sp³-hybridized carbons (Fsp3) is 0.909. The fourth-order valence-electron chi connectivity index (χ4n) is 1.97. The molecule has 0 radical (unpaired) electrons. The van der Waals surface area contributed by atoms with E-state index in [1.807, 2.05) is 9.80 Å². The molecule has 1 heterocycles. The molecule has 0 bridgehead atoms. The van der Waals surface area contributed by atoms with Crippen LogP contribution in [0.4, 0.5) is 4.79 Å². The van der Waals surface area contributed by atoms with Crippen molar-refractivity contribution in [2.45, 2.75) is 32.6 Å². The molecule has 0 spiro atoms. The maximum atomic E-state index is 11.9. The SMILES string of the molecule is CCCCCN1CCCN(CCN)C1=O. The van der Waals surface area contributed by atoms with E-state index < -0.39 is 0 Å². The molecular formula is C11H23N3O. The molecule has 0 aromatic rings. The van der Waals surface area contributed by atoms with Crippen LogP contribution < -0.4 is 5.73 Å². The summed E-state index contributed by atoms with van der Waals surface area (Å²) in [5, 5.41) is 0. The van der Waals surface area contributed by atoms with Crippen LogP contribution >= 0.6 is 0 Å². The highest BCUT2D eigenvalue weighted by Gasteiger charge is 2.23. The van der Waals surface area contributed by atoms with Crippen molar-refractivity contribution in [1.82, 2.24) is 9.80 Å². The van der Waals surface area contributed by atoms with Crippen molar-refractivity contribution >= 4 is 6.03 Å². The Kier molecular flexibility index (Phi) is 5.47. The van der Waals surface area contributed by atoms with Gasteiger partial charge in [-0.3, -0.25) is 0 Å². The number of carbonyl (C=O) groups is 1. The number of unbranched alkanes of at least 4 members (excludes halogenated alkanes) is 2. The zero-order chi connectivity index (χ0) is 11.1. The highest BCUT2D eigenvalue weighted by molar-refractivity contribution is 5.75. The zero-order valence-electron chi connectivity index (χ0n) is 9.74. The van der Waals surface area contributed by atoms with E-state index in [-0.39, 0.29) is 6.03 Å². The lowest BCUT2D eigenvalue weighted by Gasteiger charge is -2.35. The van der Waals surface area contributed by atoms with Crippen molar-refractivity contribution in [3.05, 3.63) is 0 Å². The summed E-state index contributed by atoms with van der Waals surface area (Å²) >= 11 is 0. The van der Waals surface area contributed by atoms with Gasteiger partial charge in [-0.1, -0.05) is 19.8 Å². The Labute approximate surface area is 92.4 Å². The molecule has 0 aromatic heterocycles. The molecule has 1 fully saturated rings. The normalized spacial score (nSPS) is 17.3. The summed E-state index contributed by atoms with van der Waals surface area (Å²) in [5.41, 5.74) is 5.48. The molecule has 15 heavy (non-hydrogen) atoms. The van der Waals surface area contributed by atoms with E-state index in [0.29, 0.717) is 13.1 Å². The van der Waals surface area contributed by atoms with Gasteiger partial charge in [-0.05, 0) is 12.8 Å². The molecule has 0 unspecified atom stereocenters. The zero-order valence-corrected chi connectivity index (χ0v) is 9.74. The Hall–Kier alpha value is -0.770. The van der Waals surface area contributed by atoms with Gasteiger partial charge in [0.2, 0.25) is 0 Å². The first kappa shape index (κ1) is 12.3. The van der Waals surface area contributed by atoms with Crippen molar-refractivity contribution < 1.29 is 4.79 Å². The second-order valence-corrected chi connectivity index (χ2v) is 4.11. The van der Waals surface area contributed by atoms with Crippen LogP contribution in [-0.4, -0.2) is 48.6 Å². The third kappa shape index (κ3) is 3.70. The number of rotatable bonds is 6. The van der Waals surface area contributed by atoms with E-state index in [9.17, 15) is 4.79 Å². The van der Waals surface area contributed by atoms with Gasteiger partial charge in [0.05, 0.1) is 0 Å². The first-order valence-corrected chi connectivity index (χ1v) is 6.03. The van der Waals surface area contributed by atoms with Gasteiger partial charge in [0.25, 0.3) is 0 Å². The maximum absolute atomic E-state index is 11.9. The molecule has 1 aliphatic heterocycles. The number of nitrogens with two attached hydrogens (primary N) is 1. The second-order valence-electron chi connectivity index (χ2n) is 4.11. The van der Waals surface area contributed by atoms with Gasteiger partial charge < -0.3 is 15.5 Å². The van der Waals surface area contributed by atoms with E-state index in [2.05, 4.69) is 6.92 Å². The van der Waals surface area contributed by atoms with Gasteiger partial charge in [-0.25, -0.2) is 4.79 Å². The molecule has 2 N–H and O–H groups in total. The maximum Gasteiger partial charge on any atom is 0.320 e. The van der Waals surface area contributed by atoms with Crippen LogP contribution in [-0.2, 0) is 0 Å². The first-order chi connectivity index (χ1) is 7.29. The summed E-state index contributed by atoms with van der Waals surface area (Å²) in [7, 11) is 0. The van der Waals surface area contributed by atoms with Crippen molar-refractivity contribution in [3.8, 4) is 0 Å². The third-order valence-corrected chi connectivity index (χ3v) is 2.83. The number of hydrogen-bond donors (Lipinski definition) is 1. The van der Waals surface area contributed by atoms with Crippen LogP contribution in [0.2, 0.25) is 0 Å². The molecule has 4 heteroatoms. The van der Waals surface area contributed by atoms with E-state index in [1.54, 1.807) is 0 Å². The minimum absolute atomic E-state index is 0.183. The monoisotopic (exact) mass is 213 g/mol. The van der Waals surface area contributed by atoms with Gasteiger partial charge in [-0.2, -0.15) is 0 Å². The summed E-state index contributed by atoms with van der Waals surface area (Å²) in [4.78, 5) is 15.7. The summed E-state index contributed by atoms with van der Waals surface area (Å²) in [6.45, 7) is 6.15. The van der Waals surface area contributed by atoms with Crippen LogP contribution in [0, 0.1) is 0 Å². The quantitative estimate of drug-likeness (QED) is 0.675. The molecule has 0 aliphatic carbocycles. The average molecular weight is 213 g/mol. The molecule has 1 saturated heterocycles. The largest absolute Gasteiger partial charge is 0.329 e. The lowest BCUT2D eigenvalue weighted by molar-refractivity contribution is 0.130. The van der Waals surface area contributed by atoms with E-state index in [1.165, 1.54) is 12.8 Å². The highest BCUT2D eigenvalue weighted by Crippen LogP contribution is 2.10. The molecule has 1 aliphatic rings. The van der Waals surface area contributed by atoms with E-state index >= 15 is 0 Å². The molecule has 4 nitrogen and oxygen atoms in total. The Morgan fingerprint density at radius 2 is 1.87 bits per heavy atom. The number of nitrogens with zero attached hydrogens (tertiary/aromatic N) is 2. The van der Waals surface area contributed by atoms with Gasteiger partial charge in [-0.15, -0.1) is 0 Å². The van der Waals surface area contributed by atoms with Crippen LogP contribution in [0.3, 0.4) is 0 Å². The summed E-state index contributed by atoms with van der Waals surface area (Å²) in [6.07, 6.45) is 4.62. The van der Waals surface area contributed by atoms with E-state index in [0.717, 1.165) is 32.5 Å². The van der Waals surface area contributed by atoms with Crippen molar-refractivity contribution in [2.75, 3.05) is 32.7 Å². The van der Waals surface area contributed by atoms with Crippen LogP contribution in [0.1, 0.15) is 32.6 Å². The minimum Gasteiger partial charge on any atom is -0.329 e. The van der Waals surface area contributed by atoms with Gasteiger partial charge in [0.1, 0.15) is 0 Å². The molecule has 1 rings (SSSR count). The van der Waals surface area contributed by atoms with Gasteiger partial charge in [0, 0.05) is 32.7 Å². The van der Waals surface area contributed by atoms with Gasteiger partial charge >= 0.3 is 6.03 Å². The number of urea groups is 1. The number of amides is 2. The third-order valence-electron chi connectivity index (χ3n) is 2.83. The smallest absolute Gasteiger partial charge is 0.320 e. The van der Waals surface area contributed by atoms with Crippen molar-refractivity contribution in [3.63, 3.8) is 0 Å². The molecule has 88 valence electrons. The standard InChI is InChI=1S/C11H23N3O/c1-2-3-4-7-13-8-5-9-14(10-6-12)11(13)15/h2-10,12H2,1H3. The second kappa shape index (κ2) is 6.67. The van der Waals surface area contributed by atoms with Crippen LogP contribution in [0.15, 0.2) is 0 Å². The molecule has 0 atom stereocenters. The predicted octanol–water partition coefficient (Wildman–Crippen LogP) is 1.26. The molecule has 2 amide bonds. The summed E-state index contributed by atoms with van der Waals surface area (Å²) in [5.74, 6) is 0. The lowest BCUT2D eigenvalue weighted by Crippen LogP contribution is -2.50. The topological polar surface area (TPSA) is 49.6 Å². The highest BCUT2D eigenvalue weighted by atomic mass is 16.2. The Morgan fingerprint density at radius 1 is 1.20 bits per heavy atom. The van der Waals surface area contributed by atoms with Crippen molar-refractivity contribution in [2.24, 2.45) is 5.73 Å². The number of carbonyl (C=O) groups excluding carboxylic acids is 1. The first-order valence-electron chi connectivity index (χ1n) is 6.03. The molecular weight excluding hydrogens is 190 g/mol. The Balaban J connectivity index is 2.33. The van der Waals surface area contributed by atoms with Gasteiger partial charge in [0.15, 0.2) is 0 Å². The molecule has 0 saturated carbocycles. The Morgan fingerprint density at radius 3 is 2.47 bits per heavy atom. The summed E-state index contributed by atoms with van der Waals surface area (Å²) in [6, 6.07) is 0.183. The molecule has 0 aromatic carbocycles. The van der Waals surface area contributed by atoms with Crippen LogP contribution in [0.25, 0.3) is 0 Å². The summed E-state index contributed by atoms with van der Waals surface area (Å²) < 4.78 is 0. The number of hydrogen-bond acceptors (Lipinski definition) is 2.